The number of fused-ring (bicyclic) bond motifs is 6. The minimum absolute atomic E-state index is 0.265. The van der Waals surface area contributed by atoms with Crippen LogP contribution >= 0.6 is 0 Å². The number of hydrogen-bond donors (Lipinski definition) is 0. The molecule has 6 heteroatoms. The van der Waals surface area contributed by atoms with Crippen molar-refractivity contribution in [2.75, 3.05) is 0 Å². The molecule has 0 saturated carbocycles. The molecule has 0 fully saturated rings. The van der Waals surface area contributed by atoms with Crippen LogP contribution in [-0.4, -0.2) is 29.9 Å². The first-order chi connectivity index (χ1) is 29.6. The molecule has 0 amide bonds. The van der Waals surface area contributed by atoms with Crippen molar-refractivity contribution in [3.63, 3.8) is 0 Å². The molecule has 10 rings (SSSR count). The van der Waals surface area contributed by atoms with Crippen LogP contribution in [0.2, 0.25) is 0 Å². The molecule has 61 heavy (non-hydrogen) atoms. The molecule has 2 aliphatic carbocycles. The minimum atomic E-state index is -0.272. The highest BCUT2D eigenvalue weighted by atomic mass is 15.0. The van der Waals surface area contributed by atoms with Crippen LogP contribution in [-0.2, 0) is 10.8 Å². The Balaban J connectivity index is 1.05. The van der Waals surface area contributed by atoms with Crippen molar-refractivity contribution in [3.8, 4) is 79.2 Å². The van der Waals surface area contributed by atoms with Gasteiger partial charge < -0.3 is 0 Å². The van der Waals surface area contributed by atoms with Gasteiger partial charge in [0.1, 0.15) is 0 Å². The van der Waals surface area contributed by atoms with Gasteiger partial charge in [0.2, 0.25) is 0 Å². The molecule has 0 bridgehead atoms. The normalized spacial score (nSPS) is 14.3. The molecule has 2 aliphatic rings. The van der Waals surface area contributed by atoms with Gasteiger partial charge in [0, 0.05) is 44.2 Å². The Bertz CT molecular complexity index is 3030. The Morgan fingerprint density at radius 2 is 0.787 bits per heavy atom. The molecule has 6 aromatic carbocycles. The summed E-state index contributed by atoms with van der Waals surface area (Å²) in [7, 11) is 0. The van der Waals surface area contributed by atoms with Crippen LogP contribution in [0.3, 0.4) is 0 Å². The predicted molar refractivity (Wildman–Crippen MR) is 249 cm³/mol. The van der Waals surface area contributed by atoms with Gasteiger partial charge in [0.05, 0.1) is 0 Å². The molecule has 6 nitrogen and oxygen atoms in total. The summed E-state index contributed by atoms with van der Waals surface area (Å²) in [6, 6.07) is 48.7. The molecule has 0 radical (unpaired) electrons. The molecule has 0 unspecified atom stereocenters. The first-order valence-corrected chi connectivity index (χ1v) is 20.8. The number of benzene rings is 6. The van der Waals surface area contributed by atoms with Crippen LogP contribution in [0.1, 0.15) is 62.7 Å². The molecule has 2 heterocycles. The summed E-state index contributed by atoms with van der Waals surface area (Å²) < 4.78 is 0. The first kappa shape index (κ1) is 37.8. The smallest absolute Gasteiger partial charge is 0.164 e. The van der Waals surface area contributed by atoms with Gasteiger partial charge in [-0.1, -0.05) is 174 Å². The third kappa shape index (κ3) is 6.43. The molecule has 8 aromatic rings. The van der Waals surface area contributed by atoms with E-state index < -0.39 is 0 Å². The third-order valence-electron chi connectivity index (χ3n) is 12.3. The van der Waals surface area contributed by atoms with Crippen molar-refractivity contribution in [1.29, 1.82) is 0 Å². The molecule has 0 saturated heterocycles. The minimum Gasteiger partial charge on any atom is -0.208 e. The van der Waals surface area contributed by atoms with Gasteiger partial charge in [0.25, 0.3) is 0 Å². The van der Waals surface area contributed by atoms with Gasteiger partial charge in [-0.05, 0) is 75.7 Å². The molecule has 2 aromatic heterocycles. The lowest BCUT2D eigenvalue weighted by atomic mass is 9.79. The number of hydrogen-bond acceptors (Lipinski definition) is 6. The Morgan fingerprint density at radius 1 is 0.426 bits per heavy atom. The van der Waals surface area contributed by atoms with Crippen LogP contribution in [0.25, 0.3) is 84.8 Å². The van der Waals surface area contributed by atoms with Crippen molar-refractivity contribution in [1.82, 2.24) is 29.9 Å². The quantitative estimate of drug-likeness (QED) is 0.143. The maximum absolute atomic E-state index is 5.05. The standard InChI is InChI=1S/C55H44N6/c1-7-18-34(19-8-2)48-56-49(35-20-12-9-13-21-35)59-52(58-48)38-26-28-40-42-32-47-43(33-46(42)54(3,4)44(40)30-38)41-29-27-39(31-45(41)55(47,5)6)53-60-50(36-22-14-10-15-23-36)57-51(61-53)37-24-16-11-17-25-37/h7-33H,1H2,2-6H3/b19-8-,34-18+. The summed E-state index contributed by atoms with van der Waals surface area (Å²) in [5.41, 5.74) is 15.3. The maximum Gasteiger partial charge on any atom is 0.164 e. The van der Waals surface area contributed by atoms with E-state index in [2.05, 4.69) is 82.8 Å². The van der Waals surface area contributed by atoms with E-state index in [4.69, 9.17) is 29.9 Å². The fraction of sp³-hybridized carbons (Fsp3) is 0.127. The zero-order chi connectivity index (χ0) is 41.9. The van der Waals surface area contributed by atoms with Crippen LogP contribution in [0, 0.1) is 0 Å². The van der Waals surface area contributed by atoms with Gasteiger partial charge in [-0.25, -0.2) is 29.9 Å². The van der Waals surface area contributed by atoms with E-state index in [1.165, 1.54) is 44.5 Å². The molecule has 0 aliphatic heterocycles. The van der Waals surface area contributed by atoms with Crippen LogP contribution < -0.4 is 0 Å². The van der Waals surface area contributed by atoms with Gasteiger partial charge >= 0.3 is 0 Å². The number of nitrogens with zero attached hydrogens (tertiary/aromatic N) is 6. The summed E-state index contributed by atoms with van der Waals surface area (Å²) >= 11 is 0. The van der Waals surface area contributed by atoms with E-state index in [0.717, 1.165) is 33.4 Å². The summed E-state index contributed by atoms with van der Waals surface area (Å²) in [5.74, 6) is 3.84. The number of allylic oxidation sites excluding steroid dienone is 5. The van der Waals surface area contributed by atoms with Crippen molar-refractivity contribution >= 4 is 5.57 Å². The lowest BCUT2D eigenvalue weighted by Crippen LogP contribution is -2.17. The highest BCUT2D eigenvalue weighted by Crippen LogP contribution is 2.56. The molecule has 0 N–H and O–H groups in total. The summed E-state index contributed by atoms with van der Waals surface area (Å²) in [6.45, 7) is 15.3. The van der Waals surface area contributed by atoms with Gasteiger partial charge in [-0.3, -0.25) is 0 Å². The average Bonchev–Trinajstić information content (AvgIpc) is 3.66. The Labute approximate surface area is 357 Å². The topological polar surface area (TPSA) is 77.3 Å². The zero-order valence-corrected chi connectivity index (χ0v) is 35.0. The van der Waals surface area contributed by atoms with E-state index in [1.807, 2.05) is 116 Å². The highest BCUT2D eigenvalue weighted by molar-refractivity contribution is 5.91. The van der Waals surface area contributed by atoms with Crippen molar-refractivity contribution in [2.45, 2.75) is 45.4 Å². The molecule has 0 spiro atoms. The van der Waals surface area contributed by atoms with E-state index in [9.17, 15) is 0 Å². The van der Waals surface area contributed by atoms with Crippen molar-refractivity contribution < 1.29 is 0 Å². The molecule has 0 atom stereocenters. The highest BCUT2D eigenvalue weighted by Gasteiger charge is 2.42. The first-order valence-electron chi connectivity index (χ1n) is 20.8. The molecular formula is C55H44N6. The molecule has 294 valence electrons. The van der Waals surface area contributed by atoms with E-state index >= 15 is 0 Å². The fourth-order valence-electron chi connectivity index (χ4n) is 9.04. The van der Waals surface area contributed by atoms with E-state index in [0.29, 0.717) is 34.9 Å². The summed E-state index contributed by atoms with van der Waals surface area (Å²) in [4.78, 5) is 30.1. The second-order valence-electron chi connectivity index (χ2n) is 16.8. The Hall–Kier alpha value is -7.44. The van der Waals surface area contributed by atoms with Gasteiger partial charge in [-0.15, -0.1) is 0 Å². The van der Waals surface area contributed by atoms with Crippen molar-refractivity contribution in [2.24, 2.45) is 0 Å². The maximum atomic E-state index is 5.05. The Morgan fingerprint density at radius 3 is 1.18 bits per heavy atom. The summed E-state index contributed by atoms with van der Waals surface area (Å²) in [5, 5.41) is 0. The van der Waals surface area contributed by atoms with E-state index in [-0.39, 0.29) is 10.8 Å². The van der Waals surface area contributed by atoms with Crippen LogP contribution in [0.15, 0.2) is 170 Å². The second-order valence-corrected chi connectivity index (χ2v) is 16.8. The van der Waals surface area contributed by atoms with Crippen LogP contribution in [0.5, 0.6) is 0 Å². The van der Waals surface area contributed by atoms with Crippen molar-refractivity contribution in [3.05, 3.63) is 198 Å². The van der Waals surface area contributed by atoms with Gasteiger partial charge in [0.15, 0.2) is 34.9 Å². The monoisotopic (exact) mass is 788 g/mol. The zero-order valence-electron chi connectivity index (χ0n) is 35.0. The fourth-order valence-corrected chi connectivity index (χ4v) is 9.04. The number of aromatic nitrogens is 6. The second kappa shape index (κ2) is 14.7. The van der Waals surface area contributed by atoms with Gasteiger partial charge in [-0.2, -0.15) is 0 Å². The lowest BCUT2D eigenvalue weighted by Gasteiger charge is -2.24. The third-order valence-corrected chi connectivity index (χ3v) is 12.3. The average molecular weight is 789 g/mol. The number of rotatable bonds is 8. The molecular weight excluding hydrogens is 745 g/mol. The predicted octanol–water partition coefficient (Wildman–Crippen LogP) is 13.1. The lowest BCUT2D eigenvalue weighted by molar-refractivity contribution is 0.652. The summed E-state index contributed by atoms with van der Waals surface area (Å²) in [6.07, 6.45) is 7.70. The van der Waals surface area contributed by atoms with E-state index in [1.54, 1.807) is 6.08 Å². The van der Waals surface area contributed by atoms with Crippen LogP contribution in [0.4, 0.5) is 0 Å². The Kier molecular flexibility index (Phi) is 9.10. The SMILES string of the molecule is C=C/C=C(\C=C/C)c1nc(-c2ccccc2)nc(-c2ccc3c(c2)C(C)(C)c2cc4c(cc2-3)C(C)(C)c2cc(-c3nc(-c5ccccc5)nc(-c5ccccc5)n3)ccc2-4)n1. The largest absolute Gasteiger partial charge is 0.208 e.